The topological polar surface area (TPSA) is 52.9 Å². The van der Waals surface area contributed by atoms with Gasteiger partial charge in [-0.25, -0.2) is 0 Å². The van der Waals surface area contributed by atoms with E-state index in [-0.39, 0.29) is 6.61 Å². The van der Waals surface area contributed by atoms with Gasteiger partial charge in [-0.1, -0.05) is 30.3 Å². The second-order valence-electron chi connectivity index (χ2n) is 5.30. The van der Waals surface area contributed by atoms with Crippen LogP contribution in [0, 0.1) is 0 Å². The number of hydrogen-bond donors (Lipinski definition) is 2. The molecule has 4 heteroatoms. The Hall–Kier alpha value is -0.940. The first-order chi connectivity index (χ1) is 9.22. The minimum Gasteiger partial charge on any atom is -0.394 e. The van der Waals surface area contributed by atoms with E-state index < -0.39 is 5.60 Å². The molecule has 1 aliphatic rings. The van der Waals surface area contributed by atoms with Crippen molar-refractivity contribution in [1.29, 1.82) is 0 Å². The van der Waals surface area contributed by atoms with Crippen LogP contribution >= 0.6 is 0 Å². The van der Waals surface area contributed by atoms with Crippen molar-refractivity contribution < 1.29 is 14.9 Å². The Morgan fingerprint density at radius 2 is 2.05 bits per heavy atom. The zero-order valence-electron chi connectivity index (χ0n) is 11.3. The molecule has 1 heterocycles. The maximum Gasteiger partial charge on any atom is 0.101 e. The lowest BCUT2D eigenvalue weighted by Gasteiger charge is -2.39. The fourth-order valence-corrected chi connectivity index (χ4v) is 2.63. The van der Waals surface area contributed by atoms with E-state index in [1.54, 1.807) is 0 Å². The monoisotopic (exact) mass is 265 g/mol. The number of rotatable bonds is 6. The third-order valence-electron chi connectivity index (χ3n) is 3.49. The molecule has 1 saturated heterocycles. The van der Waals surface area contributed by atoms with Crippen molar-refractivity contribution in [3.05, 3.63) is 35.9 Å². The summed E-state index contributed by atoms with van der Waals surface area (Å²) in [6, 6.07) is 10.3. The van der Waals surface area contributed by atoms with E-state index in [0.717, 1.165) is 25.9 Å². The third kappa shape index (κ3) is 4.58. The largest absolute Gasteiger partial charge is 0.394 e. The van der Waals surface area contributed by atoms with Gasteiger partial charge in [0.25, 0.3) is 0 Å². The maximum absolute atomic E-state index is 10.5. The predicted molar refractivity (Wildman–Crippen MR) is 73.8 cm³/mol. The molecule has 2 rings (SSSR count). The Bertz CT molecular complexity index is 371. The summed E-state index contributed by atoms with van der Waals surface area (Å²) in [6.45, 7) is 3.11. The summed E-state index contributed by atoms with van der Waals surface area (Å²) in [6.07, 6.45) is 1.75. The molecule has 1 atom stereocenters. The van der Waals surface area contributed by atoms with Crippen LogP contribution in [-0.4, -0.2) is 53.6 Å². The molecule has 0 radical (unpaired) electrons. The fourth-order valence-electron chi connectivity index (χ4n) is 2.63. The molecule has 2 N–H and O–H groups in total. The quantitative estimate of drug-likeness (QED) is 0.754. The van der Waals surface area contributed by atoms with Crippen LogP contribution in [0.4, 0.5) is 0 Å². The summed E-state index contributed by atoms with van der Waals surface area (Å²) in [7, 11) is 0. The SMILES string of the molecule is OCCOCC1(O)CCCN(Cc2ccccc2)C1. The Kier molecular flexibility index (Phi) is 5.34. The van der Waals surface area contributed by atoms with Gasteiger partial charge in [-0.15, -0.1) is 0 Å². The lowest BCUT2D eigenvalue weighted by molar-refractivity contribution is -0.0923. The zero-order valence-corrected chi connectivity index (χ0v) is 11.3. The number of aliphatic hydroxyl groups excluding tert-OH is 1. The van der Waals surface area contributed by atoms with Crippen LogP contribution < -0.4 is 0 Å². The van der Waals surface area contributed by atoms with E-state index in [9.17, 15) is 5.11 Å². The van der Waals surface area contributed by atoms with Gasteiger partial charge in [0.15, 0.2) is 0 Å². The molecule has 1 aliphatic heterocycles. The average molecular weight is 265 g/mol. The fraction of sp³-hybridized carbons (Fsp3) is 0.600. The van der Waals surface area contributed by atoms with Gasteiger partial charge in [-0.2, -0.15) is 0 Å². The first-order valence-corrected chi connectivity index (χ1v) is 6.89. The molecular weight excluding hydrogens is 242 g/mol. The minimum absolute atomic E-state index is 0.00378. The van der Waals surface area contributed by atoms with E-state index in [4.69, 9.17) is 9.84 Å². The number of β-amino-alcohol motifs (C(OH)–C–C–N with tert-alkyl or cyclic N) is 1. The Morgan fingerprint density at radius 3 is 2.79 bits per heavy atom. The standard InChI is InChI=1S/C15H23NO3/c17-9-10-19-13-15(18)7-4-8-16(12-15)11-14-5-2-1-3-6-14/h1-3,5-6,17-18H,4,7-13H2. The third-order valence-corrected chi connectivity index (χ3v) is 3.49. The predicted octanol–water partition coefficient (Wildman–Crippen LogP) is 1.02. The number of benzene rings is 1. The van der Waals surface area contributed by atoms with Crippen LogP contribution in [0.3, 0.4) is 0 Å². The molecule has 0 bridgehead atoms. The van der Waals surface area contributed by atoms with Crippen molar-refractivity contribution >= 4 is 0 Å². The van der Waals surface area contributed by atoms with E-state index in [2.05, 4.69) is 17.0 Å². The Labute approximate surface area is 114 Å². The van der Waals surface area contributed by atoms with Gasteiger partial charge in [-0.05, 0) is 24.9 Å². The van der Waals surface area contributed by atoms with E-state index in [0.29, 0.717) is 19.8 Å². The highest BCUT2D eigenvalue weighted by Crippen LogP contribution is 2.23. The lowest BCUT2D eigenvalue weighted by atomic mass is 9.93. The van der Waals surface area contributed by atoms with E-state index in [1.165, 1.54) is 5.56 Å². The zero-order chi connectivity index (χ0) is 13.6. The summed E-state index contributed by atoms with van der Waals surface area (Å²) in [5, 5.41) is 19.2. The van der Waals surface area contributed by atoms with Crippen LogP contribution in [-0.2, 0) is 11.3 Å². The van der Waals surface area contributed by atoms with Crippen LogP contribution in [0.1, 0.15) is 18.4 Å². The number of nitrogens with zero attached hydrogens (tertiary/aromatic N) is 1. The Morgan fingerprint density at radius 1 is 1.26 bits per heavy atom. The maximum atomic E-state index is 10.5. The second-order valence-corrected chi connectivity index (χ2v) is 5.30. The molecule has 106 valence electrons. The summed E-state index contributed by atoms with van der Waals surface area (Å²) in [5.74, 6) is 0. The van der Waals surface area contributed by atoms with Crippen molar-refractivity contribution in [2.24, 2.45) is 0 Å². The van der Waals surface area contributed by atoms with Crippen LogP contribution in [0.25, 0.3) is 0 Å². The van der Waals surface area contributed by atoms with Crippen molar-refractivity contribution in [2.45, 2.75) is 25.0 Å². The molecule has 19 heavy (non-hydrogen) atoms. The van der Waals surface area contributed by atoms with E-state index >= 15 is 0 Å². The molecular formula is C15H23NO3. The highest BCUT2D eigenvalue weighted by atomic mass is 16.5. The number of ether oxygens (including phenoxy) is 1. The molecule has 1 unspecified atom stereocenters. The highest BCUT2D eigenvalue weighted by Gasteiger charge is 2.33. The Balaban J connectivity index is 1.86. The molecule has 1 aromatic rings. The summed E-state index contributed by atoms with van der Waals surface area (Å²) in [4.78, 5) is 2.27. The number of aliphatic hydroxyl groups is 2. The molecule has 1 aromatic carbocycles. The van der Waals surface area contributed by atoms with Crippen LogP contribution in [0.15, 0.2) is 30.3 Å². The number of hydrogen-bond acceptors (Lipinski definition) is 4. The van der Waals surface area contributed by atoms with Gasteiger partial charge in [-0.3, -0.25) is 4.90 Å². The summed E-state index contributed by atoms with van der Waals surface area (Å²) < 4.78 is 5.30. The molecule has 0 amide bonds. The van der Waals surface area contributed by atoms with E-state index in [1.807, 2.05) is 18.2 Å². The number of likely N-dealkylation sites (tertiary alicyclic amines) is 1. The molecule has 0 spiro atoms. The van der Waals surface area contributed by atoms with Gasteiger partial charge in [0, 0.05) is 13.1 Å². The van der Waals surface area contributed by atoms with Gasteiger partial charge in [0.1, 0.15) is 5.60 Å². The molecule has 0 aliphatic carbocycles. The van der Waals surface area contributed by atoms with Crippen molar-refractivity contribution in [3.8, 4) is 0 Å². The van der Waals surface area contributed by atoms with Crippen molar-refractivity contribution in [2.75, 3.05) is 32.9 Å². The molecule has 1 fully saturated rings. The normalized spacial score (nSPS) is 24.5. The summed E-state index contributed by atoms with van der Waals surface area (Å²) in [5.41, 5.74) is 0.491. The van der Waals surface area contributed by atoms with Gasteiger partial charge in [0.05, 0.1) is 19.8 Å². The van der Waals surface area contributed by atoms with Crippen LogP contribution in [0.5, 0.6) is 0 Å². The number of piperidine rings is 1. The molecule has 4 nitrogen and oxygen atoms in total. The first kappa shape index (κ1) is 14.5. The molecule has 0 aromatic heterocycles. The smallest absolute Gasteiger partial charge is 0.101 e. The minimum atomic E-state index is -0.776. The van der Waals surface area contributed by atoms with Crippen LogP contribution in [0.2, 0.25) is 0 Å². The van der Waals surface area contributed by atoms with Gasteiger partial charge >= 0.3 is 0 Å². The van der Waals surface area contributed by atoms with Gasteiger partial charge < -0.3 is 14.9 Å². The first-order valence-electron chi connectivity index (χ1n) is 6.89. The summed E-state index contributed by atoms with van der Waals surface area (Å²) >= 11 is 0. The second kappa shape index (κ2) is 7.01. The van der Waals surface area contributed by atoms with Crippen molar-refractivity contribution in [3.63, 3.8) is 0 Å². The molecule has 0 saturated carbocycles. The van der Waals surface area contributed by atoms with Crippen molar-refractivity contribution in [1.82, 2.24) is 4.90 Å². The average Bonchev–Trinajstić information content (AvgIpc) is 2.40. The van der Waals surface area contributed by atoms with Gasteiger partial charge in [0.2, 0.25) is 0 Å². The lowest BCUT2D eigenvalue weighted by Crippen LogP contribution is -2.50. The highest BCUT2D eigenvalue weighted by molar-refractivity contribution is 5.14.